The van der Waals surface area contributed by atoms with Crippen molar-refractivity contribution in [1.29, 1.82) is 0 Å². The summed E-state index contributed by atoms with van der Waals surface area (Å²) in [6, 6.07) is 2.02. The standard InChI is InChI=1S/C31H40N6O7/c1-15(2)25-29(42)36-26(17-10-11-17)30(43)33-21(13-19-16(3)32-20-8-5-4-7-18(19)20)27(40)34-22(14-24(38)39)31(44)37-12-6-9-23(37)28(41)35-25/h4-5,7-8,15,17,21-23,25-26,32H,6,9-14H2,1-3H3,(H,33,43)(H,34,40)(H,35,41)(H,36,42)(H,38,39)/t21-,22-,23+,25-,26?/m1/s1. The van der Waals surface area contributed by atoms with Gasteiger partial charge in [0, 0.05) is 29.6 Å². The summed E-state index contributed by atoms with van der Waals surface area (Å²) >= 11 is 0. The fourth-order valence-corrected chi connectivity index (χ4v) is 6.28. The van der Waals surface area contributed by atoms with Crippen molar-refractivity contribution in [2.45, 2.75) is 89.5 Å². The molecule has 3 heterocycles. The summed E-state index contributed by atoms with van der Waals surface area (Å²) in [7, 11) is 0. The Hall–Kier alpha value is -4.42. The van der Waals surface area contributed by atoms with Gasteiger partial charge in [-0.05, 0) is 56.1 Å². The molecule has 3 aliphatic rings. The number of H-pyrrole nitrogens is 1. The smallest absolute Gasteiger partial charge is 0.305 e. The van der Waals surface area contributed by atoms with Crippen molar-refractivity contribution >= 4 is 46.4 Å². The van der Waals surface area contributed by atoms with E-state index in [-0.39, 0.29) is 24.8 Å². The summed E-state index contributed by atoms with van der Waals surface area (Å²) in [6.45, 7) is 5.59. The summed E-state index contributed by atoms with van der Waals surface area (Å²) in [6.07, 6.45) is 1.59. The Bertz CT molecular complexity index is 1480. The number of carbonyl (C=O) groups is 6. The number of hydrogen-bond acceptors (Lipinski definition) is 6. The van der Waals surface area contributed by atoms with Gasteiger partial charge in [-0.25, -0.2) is 0 Å². The van der Waals surface area contributed by atoms with Crippen molar-refractivity contribution < 1.29 is 33.9 Å². The maximum absolute atomic E-state index is 13.9. The van der Waals surface area contributed by atoms with Crippen LogP contribution >= 0.6 is 0 Å². The molecule has 2 saturated heterocycles. The monoisotopic (exact) mass is 608 g/mol. The maximum Gasteiger partial charge on any atom is 0.305 e. The van der Waals surface area contributed by atoms with Crippen molar-refractivity contribution in [1.82, 2.24) is 31.2 Å². The highest BCUT2D eigenvalue weighted by Gasteiger charge is 2.43. The number of hydrogen-bond donors (Lipinski definition) is 6. The van der Waals surface area contributed by atoms with Gasteiger partial charge in [0.15, 0.2) is 0 Å². The molecule has 6 N–H and O–H groups in total. The lowest BCUT2D eigenvalue weighted by atomic mass is 10.00. The van der Waals surface area contributed by atoms with Gasteiger partial charge < -0.3 is 36.3 Å². The molecule has 3 fully saturated rings. The molecule has 13 heteroatoms. The Labute approximate surface area is 254 Å². The Kier molecular flexibility index (Phi) is 8.93. The van der Waals surface area contributed by atoms with Crippen LogP contribution in [0.2, 0.25) is 0 Å². The molecule has 2 aliphatic heterocycles. The van der Waals surface area contributed by atoms with Gasteiger partial charge in [-0.1, -0.05) is 32.0 Å². The average Bonchev–Trinajstić information content (AvgIpc) is 3.60. The first-order valence-corrected chi connectivity index (χ1v) is 15.2. The molecule has 0 spiro atoms. The topological polar surface area (TPSA) is 190 Å². The number of carbonyl (C=O) groups excluding carboxylic acids is 5. The molecule has 5 atom stereocenters. The molecule has 1 aromatic carbocycles. The van der Waals surface area contributed by atoms with Gasteiger partial charge >= 0.3 is 5.97 Å². The van der Waals surface area contributed by atoms with Gasteiger partial charge in [0.2, 0.25) is 29.5 Å². The van der Waals surface area contributed by atoms with Crippen LogP contribution in [0.25, 0.3) is 10.9 Å². The highest BCUT2D eigenvalue weighted by atomic mass is 16.4. The number of aromatic amines is 1. The molecule has 1 aromatic heterocycles. The molecule has 236 valence electrons. The number of carboxylic acid groups (broad SMARTS) is 1. The van der Waals surface area contributed by atoms with Crippen LogP contribution in [0.4, 0.5) is 0 Å². The molecule has 2 aromatic rings. The van der Waals surface area contributed by atoms with Crippen LogP contribution in [0.5, 0.6) is 0 Å². The number of benzene rings is 1. The van der Waals surface area contributed by atoms with Crippen molar-refractivity contribution in [2.75, 3.05) is 6.54 Å². The lowest BCUT2D eigenvalue weighted by Gasteiger charge is -2.30. The number of aromatic nitrogens is 1. The first-order valence-electron chi connectivity index (χ1n) is 15.2. The number of nitrogens with zero attached hydrogens (tertiary/aromatic N) is 1. The predicted octanol–water partition coefficient (Wildman–Crippen LogP) is 0.503. The molecule has 1 unspecified atom stereocenters. The first-order chi connectivity index (χ1) is 20.9. The van der Waals surface area contributed by atoms with E-state index in [0.717, 1.165) is 22.2 Å². The Morgan fingerprint density at radius 2 is 1.61 bits per heavy atom. The molecule has 0 radical (unpaired) electrons. The number of nitrogens with one attached hydrogen (secondary N) is 5. The van der Waals surface area contributed by atoms with E-state index < -0.39 is 72.1 Å². The Morgan fingerprint density at radius 1 is 0.909 bits per heavy atom. The van der Waals surface area contributed by atoms with Gasteiger partial charge in [0.25, 0.3) is 0 Å². The molecule has 13 nitrogen and oxygen atoms in total. The lowest BCUT2D eigenvalue weighted by molar-refractivity contribution is -0.146. The molecule has 0 bridgehead atoms. The van der Waals surface area contributed by atoms with Crippen molar-refractivity contribution in [2.24, 2.45) is 11.8 Å². The summed E-state index contributed by atoms with van der Waals surface area (Å²) in [5.74, 6) is -4.85. The summed E-state index contributed by atoms with van der Waals surface area (Å²) < 4.78 is 0. The molecule has 5 rings (SSSR count). The van der Waals surface area contributed by atoms with Crippen LogP contribution in [0.1, 0.15) is 57.2 Å². The van der Waals surface area contributed by atoms with Crippen LogP contribution in [0, 0.1) is 18.8 Å². The fourth-order valence-electron chi connectivity index (χ4n) is 6.28. The third-order valence-electron chi connectivity index (χ3n) is 8.82. The minimum absolute atomic E-state index is 0.0493. The summed E-state index contributed by atoms with van der Waals surface area (Å²) in [4.78, 5) is 84.7. The quantitative estimate of drug-likeness (QED) is 0.275. The molecule has 44 heavy (non-hydrogen) atoms. The third kappa shape index (κ3) is 6.56. The van der Waals surface area contributed by atoms with E-state index in [2.05, 4.69) is 26.3 Å². The summed E-state index contributed by atoms with van der Waals surface area (Å²) in [5, 5.41) is 21.5. The largest absolute Gasteiger partial charge is 0.481 e. The van der Waals surface area contributed by atoms with E-state index in [9.17, 15) is 33.9 Å². The van der Waals surface area contributed by atoms with Crippen LogP contribution in [0.15, 0.2) is 24.3 Å². The van der Waals surface area contributed by atoms with E-state index in [1.165, 1.54) is 4.90 Å². The van der Waals surface area contributed by atoms with E-state index in [1.54, 1.807) is 13.8 Å². The number of fused-ring (bicyclic) bond motifs is 2. The number of rotatable bonds is 6. The van der Waals surface area contributed by atoms with Crippen LogP contribution < -0.4 is 21.3 Å². The highest BCUT2D eigenvalue weighted by Crippen LogP contribution is 2.33. The average molecular weight is 609 g/mol. The molecular formula is C31H40N6O7. The van der Waals surface area contributed by atoms with Gasteiger partial charge in [0.05, 0.1) is 6.42 Å². The normalized spacial score (nSPS) is 27.2. The third-order valence-corrected chi connectivity index (χ3v) is 8.82. The predicted molar refractivity (Wildman–Crippen MR) is 159 cm³/mol. The molecule has 1 saturated carbocycles. The summed E-state index contributed by atoms with van der Waals surface area (Å²) in [5.41, 5.74) is 2.42. The zero-order valence-corrected chi connectivity index (χ0v) is 25.1. The van der Waals surface area contributed by atoms with E-state index in [0.29, 0.717) is 25.7 Å². The number of para-hydroxylation sites is 1. The minimum Gasteiger partial charge on any atom is -0.481 e. The van der Waals surface area contributed by atoms with Crippen molar-refractivity contribution in [3.05, 3.63) is 35.5 Å². The van der Waals surface area contributed by atoms with E-state index in [1.807, 2.05) is 31.2 Å². The van der Waals surface area contributed by atoms with Crippen molar-refractivity contribution in [3.63, 3.8) is 0 Å². The zero-order valence-electron chi connectivity index (χ0n) is 25.1. The molecular weight excluding hydrogens is 568 g/mol. The van der Waals surface area contributed by atoms with E-state index in [4.69, 9.17) is 0 Å². The van der Waals surface area contributed by atoms with Crippen LogP contribution in [-0.2, 0) is 35.2 Å². The number of aliphatic carboxylic acids is 1. The fraction of sp³-hybridized carbons (Fsp3) is 0.548. The van der Waals surface area contributed by atoms with Gasteiger partial charge in [-0.3, -0.25) is 28.8 Å². The van der Waals surface area contributed by atoms with Gasteiger partial charge in [-0.15, -0.1) is 0 Å². The second kappa shape index (κ2) is 12.7. The van der Waals surface area contributed by atoms with Gasteiger partial charge in [0.1, 0.15) is 30.2 Å². The lowest BCUT2D eigenvalue weighted by Crippen LogP contribution is -2.59. The second-order valence-corrected chi connectivity index (χ2v) is 12.4. The Balaban J connectivity index is 1.54. The zero-order chi connectivity index (χ0) is 31.7. The number of carboxylic acids is 1. The van der Waals surface area contributed by atoms with Crippen molar-refractivity contribution in [3.8, 4) is 0 Å². The number of aryl methyl sites for hydroxylation is 1. The first kappa shape index (κ1) is 31.0. The van der Waals surface area contributed by atoms with Crippen LogP contribution in [-0.4, -0.2) is 87.2 Å². The van der Waals surface area contributed by atoms with Gasteiger partial charge in [-0.2, -0.15) is 0 Å². The highest BCUT2D eigenvalue weighted by molar-refractivity contribution is 5.99. The molecule has 5 amide bonds. The molecule has 1 aliphatic carbocycles. The SMILES string of the molecule is Cc1[nH]c2ccccc2c1C[C@H]1NC(=O)C(C2CC2)NC(=O)[C@@H](C(C)C)NC(=O)[C@@H]2CCCN2C(=O)[C@@H](CC(=O)O)NC1=O. The number of amides is 5. The van der Waals surface area contributed by atoms with Crippen LogP contribution in [0.3, 0.4) is 0 Å². The van der Waals surface area contributed by atoms with E-state index >= 15 is 0 Å². The minimum atomic E-state index is -1.47. The maximum atomic E-state index is 13.9. The second-order valence-electron chi connectivity index (χ2n) is 12.4. The Morgan fingerprint density at radius 3 is 2.30 bits per heavy atom.